The summed E-state index contributed by atoms with van der Waals surface area (Å²) in [7, 11) is 3.07. The summed E-state index contributed by atoms with van der Waals surface area (Å²) in [5, 5.41) is 5.40. The lowest BCUT2D eigenvalue weighted by atomic mass is 10.0. The zero-order valence-corrected chi connectivity index (χ0v) is 19.5. The highest BCUT2D eigenvalue weighted by atomic mass is 19.1. The summed E-state index contributed by atoms with van der Waals surface area (Å²) in [5.74, 6) is 0.127. The topological polar surface area (TPSA) is 100 Å². The van der Waals surface area contributed by atoms with E-state index in [0.717, 1.165) is 5.56 Å². The quantitative estimate of drug-likeness (QED) is 0.644. The van der Waals surface area contributed by atoms with Crippen LogP contribution in [-0.4, -0.2) is 74.1 Å². The number of rotatable bonds is 7. The molecule has 9 nitrogen and oxygen atoms in total. The lowest BCUT2D eigenvalue weighted by Crippen LogP contribution is -2.56. The van der Waals surface area contributed by atoms with Crippen molar-refractivity contribution in [2.45, 2.75) is 19.4 Å². The molecule has 1 atom stereocenters. The number of benzene rings is 2. The summed E-state index contributed by atoms with van der Waals surface area (Å²) in [5.41, 5.74) is 1.17. The molecule has 2 N–H and O–H groups in total. The van der Waals surface area contributed by atoms with Crippen LogP contribution in [-0.2, 0) is 16.0 Å². The molecule has 0 aromatic heterocycles. The van der Waals surface area contributed by atoms with Gasteiger partial charge in [0.15, 0.2) is 11.5 Å². The summed E-state index contributed by atoms with van der Waals surface area (Å²) in [6.07, 6.45) is 0.277. The Bertz CT molecular complexity index is 1040. The Morgan fingerprint density at radius 1 is 0.971 bits per heavy atom. The van der Waals surface area contributed by atoms with Gasteiger partial charge >= 0.3 is 6.03 Å². The van der Waals surface area contributed by atoms with Crippen molar-refractivity contribution < 1.29 is 28.2 Å². The van der Waals surface area contributed by atoms with Crippen LogP contribution in [0.25, 0.3) is 0 Å². The summed E-state index contributed by atoms with van der Waals surface area (Å²) in [6, 6.07) is 9.88. The average molecular weight is 473 g/mol. The van der Waals surface area contributed by atoms with E-state index >= 15 is 0 Å². The summed E-state index contributed by atoms with van der Waals surface area (Å²) in [6.45, 7) is 2.63. The number of nitrogens with zero attached hydrogens (tertiary/aromatic N) is 2. The number of carbonyl (C=O) groups excluding carboxylic acids is 3. The molecule has 1 saturated heterocycles. The third-order valence-corrected chi connectivity index (χ3v) is 5.52. The molecule has 1 aliphatic rings. The van der Waals surface area contributed by atoms with E-state index < -0.39 is 11.9 Å². The molecule has 1 heterocycles. The van der Waals surface area contributed by atoms with Crippen molar-refractivity contribution >= 4 is 23.5 Å². The highest BCUT2D eigenvalue weighted by molar-refractivity contribution is 5.90. The third-order valence-electron chi connectivity index (χ3n) is 5.52. The van der Waals surface area contributed by atoms with Crippen LogP contribution in [0, 0.1) is 5.82 Å². The molecule has 0 spiro atoms. The Labute approximate surface area is 197 Å². The van der Waals surface area contributed by atoms with Crippen LogP contribution in [0.3, 0.4) is 0 Å². The van der Waals surface area contributed by atoms with Crippen LogP contribution >= 0.6 is 0 Å². The Morgan fingerprint density at radius 2 is 1.65 bits per heavy atom. The Balaban J connectivity index is 1.62. The molecule has 4 amide bonds. The van der Waals surface area contributed by atoms with Crippen LogP contribution in [0.5, 0.6) is 11.5 Å². The van der Waals surface area contributed by atoms with Crippen LogP contribution in [0.4, 0.5) is 14.9 Å². The van der Waals surface area contributed by atoms with Gasteiger partial charge in [-0.1, -0.05) is 12.1 Å². The number of urea groups is 1. The first-order valence-electron chi connectivity index (χ1n) is 10.9. The second kappa shape index (κ2) is 11.4. The van der Waals surface area contributed by atoms with E-state index in [1.807, 2.05) is 6.07 Å². The van der Waals surface area contributed by atoms with Crippen molar-refractivity contribution in [3.8, 4) is 11.5 Å². The zero-order valence-electron chi connectivity index (χ0n) is 19.5. The molecular weight excluding hydrogens is 443 g/mol. The molecule has 0 unspecified atom stereocenters. The van der Waals surface area contributed by atoms with E-state index in [0.29, 0.717) is 43.4 Å². The molecule has 1 aliphatic heterocycles. The van der Waals surface area contributed by atoms with Gasteiger partial charge in [0, 0.05) is 45.2 Å². The normalized spacial score (nSPS) is 14.2. The fourth-order valence-corrected chi connectivity index (χ4v) is 3.81. The summed E-state index contributed by atoms with van der Waals surface area (Å²) >= 11 is 0. The predicted octanol–water partition coefficient (Wildman–Crippen LogP) is 2.27. The fraction of sp³-hybridized carbons (Fsp3) is 0.375. The number of nitrogens with one attached hydrogen (secondary N) is 2. The molecule has 3 rings (SSSR count). The van der Waals surface area contributed by atoms with Crippen LogP contribution in [0.1, 0.15) is 12.5 Å². The van der Waals surface area contributed by atoms with Gasteiger partial charge in [0.05, 0.1) is 14.2 Å². The Hall–Kier alpha value is -3.82. The van der Waals surface area contributed by atoms with Gasteiger partial charge in [-0.25, -0.2) is 9.18 Å². The van der Waals surface area contributed by atoms with Crippen molar-refractivity contribution in [3.05, 3.63) is 53.8 Å². The van der Waals surface area contributed by atoms with Gasteiger partial charge < -0.3 is 29.9 Å². The minimum Gasteiger partial charge on any atom is -0.493 e. The molecular formula is C24H29FN4O5. The minimum atomic E-state index is -0.761. The maximum Gasteiger partial charge on any atom is 0.321 e. The van der Waals surface area contributed by atoms with Gasteiger partial charge in [0.1, 0.15) is 11.9 Å². The largest absolute Gasteiger partial charge is 0.493 e. The van der Waals surface area contributed by atoms with Crippen LogP contribution in [0.15, 0.2) is 42.5 Å². The first kappa shape index (κ1) is 24.8. The van der Waals surface area contributed by atoms with Gasteiger partial charge in [0.2, 0.25) is 11.8 Å². The zero-order chi connectivity index (χ0) is 24.7. The number of halogens is 1. The summed E-state index contributed by atoms with van der Waals surface area (Å²) in [4.78, 5) is 40.7. The Kier molecular flexibility index (Phi) is 8.29. The Morgan fingerprint density at radius 3 is 2.26 bits per heavy atom. The van der Waals surface area contributed by atoms with Crippen molar-refractivity contribution in [1.29, 1.82) is 0 Å². The highest BCUT2D eigenvalue weighted by Crippen LogP contribution is 2.28. The van der Waals surface area contributed by atoms with E-state index in [9.17, 15) is 18.8 Å². The lowest BCUT2D eigenvalue weighted by molar-refractivity contribution is -0.137. The molecule has 2 aromatic rings. The third kappa shape index (κ3) is 6.37. The number of hydrogen-bond acceptors (Lipinski definition) is 5. The standard InChI is InChI=1S/C24H29FN4O5/c1-16(30)26-20(13-17-7-8-21(33-2)22(14-17)34-3)23(31)28-9-11-29(12-10-28)24(32)27-19-6-4-5-18(25)15-19/h4-8,14-15,20H,9-13H2,1-3H3,(H,26,30)(H,27,32)/t20-/m1/s1. The maximum absolute atomic E-state index is 13.4. The van der Waals surface area contributed by atoms with Gasteiger partial charge in [-0.3, -0.25) is 9.59 Å². The van der Waals surface area contributed by atoms with Gasteiger partial charge in [-0.2, -0.15) is 0 Å². The smallest absolute Gasteiger partial charge is 0.321 e. The predicted molar refractivity (Wildman–Crippen MR) is 124 cm³/mol. The monoisotopic (exact) mass is 472 g/mol. The van der Waals surface area contributed by atoms with E-state index in [1.165, 1.54) is 32.2 Å². The van der Waals surface area contributed by atoms with E-state index in [-0.39, 0.29) is 24.3 Å². The number of piperazine rings is 1. The van der Waals surface area contributed by atoms with Crippen molar-refractivity contribution in [1.82, 2.24) is 15.1 Å². The summed E-state index contributed by atoms with van der Waals surface area (Å²) < 4.78 is 23.9. The average Bonchev–Trinajstić information content (AvgIpc) is 2.83. The fourth-order valence-electron chi connectivity index (χ4n) is 3.81. The maximum atomic E-state index is 13.4. The molecule has 0 aliphatic carbocycles. The van der Waals surface area contributed by atoms with Crippen molar-refractivity contribution in [2.75, 3.05) is 45.7 Å². The second-order valence-corrected chi connectivity index (χ2v) is 7.90. The first-order chi connectivity index (χ1) is 16.3. The minimum absolute atomic E-state index is 0.227. The number of methoxy groups -OCH3 is 2. The molecule has 182 valence electrons. The highest BCUT2D eigenvalue weighted by Gasteiger charge is 2.30. The molecule has 0 saturated carbocycles. The van der Waals surface area contributed by atoms with Crippen molar-refractivity contribution in [3.63, 3.8) is 0 Å². The lowest BCUT2D eigenvalue weighted by Gasteiger charge is -2.36. The van der Waals surface area contributed by atoms with Crippen molar-refractivity contribution in [2.24, 2.45) is 0 Å². The molecule has 34 heavy (non-hydrogen) atoms. The van der Waals surface area contributed by atoms with Gasteiger partial charge in [-0.05, 0) is 35.9 Å². The SMILES string of the molecule is COc1ccc(C[C@@H](NC(C)=O)C(=O)N2CCN(C(=O)Nc3cccc(F)c3)CC2)cc1OC. The number of hydrogen-bond donors (Lipinski definition) is 2. The van der Waals surface area contributed by atoms with Crippen LogP contribution in [0.2, 0.25) is 0 Å². The molecule has 10 heteroatoms. The first-order valence-corrected chi connectivity index (χ1v) is 10.9. The number of carbonyl (C=O) groups is 3. The van der Waals surface area contributed by atoms with E-state index in [4.69, 9.17) is 9.47 Å². The second-order valence-electron chi connectivity index (χ2n) is 7.90. The number of amides is 4. The molecule has 0 radical (unpaired) electrons. The van der Waals surface area contributed by atoms with Gasteiger partial charge in [-0.15, -0.1) is 0 Å². The van der Waals surface area contributed by atoms with Crippen LogP contribution < -0.4 is 20.1 Å². The van der Waals surface area contributed by atoms with E-state index in [1.54, 1.807) is 35.1 Å². The molecule has 1 fully saturated rings. The van der Waals surface area contributed by atoms with Gasteiger partial charge in [0.25, 0.3) is 0 Å². The number of ether oxygens (including phenoxy) is 2. The molecule has 2 aromatic carbocycles. The molecule has 0 bridgehead atoms. The number of anilines is 1. The van der Waals surface area contributed by atoms with E-state index in [2.05, 4.69) is 10.6 Å².